The number of nitriles is 1. The van der Waals surface area contributed by atoms with Crippen molar-refractivity contribution in [3.63, 3.8) is 0 Å². The fourth-order valence-electron chi connectivity index (χ4n) is 1.50. The van der Waals surface area contributed by atoms with E-state index in [1.165, 1.54) is 24.5 Å². The molecule has 0 bridgehead atoms. The van der Waals surface area contributed by atoms with Gasteiger partial charge in [0.2, 0.25) is 0 Å². The third kappa shape index (κ3) is 3.30. The molecule has 0 unspecified atom stereocenters. The molecule has 0 spiro atoms. The summed E-state index contributed by atoms with van der Waals surface area (Å²) in [6, 6.07) is 8.74. The van der Waals surface area contributed by atoms with Gasteiger partial charge >= 0.3 is 5.91 Å². The summed E-state index contributed by atoms with van der Waals surface area (Å²) in [4.78, 5) is 21.8. The molecule has 0 radical (unpaired) electrons. The molecule has 1 N–H and O–H groups in total. The van der Waals surface area contributed by atoms with E-state index in [9.17, 15) is 14.9 Å². The lowest BCUT2D eigenvalue weighted by Gasteiger charge is -1.98. The highest BCUT2D eigenvalue weighted by atomic mass is 16.6. The molecule has 0 atom stereocenters. The van der Waals surface area contributed by atoms with Gasteiger partial charge < -0.3 is 4.42 Å². The van der Waals surface area contributed by atoms with Crippen molar-refractivity contribution in [1.29, 1.82) is 5.26 Å². The molecule has 1 heterocycles. The lowest BCUT2D eigenvalue weighted by Crippen LogP contribution is -2.16. The molecule has 21 heavy (non-hydrogen) atoms. The van der Waals surface area contributed by atoms with E-state index in [-0.39, 0.29) is 22.6 Å². The minimum Gasteiger partial charge on any atom is -0.459 e. The number of carbonyl (C=O) groups is 1. The molecule has 2 aromatic rings. The van der Waals surface area contributed by atoms with Crippen LogP contribution in [0.25, 0.3) is 0 Å². The maximum absolute atomic E-state index is 11.5. The molecular weight excluding hydrogens is 276 g/mol. The zero-order valence-corrected chi connectivity index (χ0v) is 10.5. The van der Waals surface area contributed by atoms with Gasteiger partial charge in [-0.15, -0.1) is 0 Å². The minimum atomic E-state index is -0.628. The predicted octanol–water partition coefficient (Wildman–Crippen LogP) is 1.82. The van der Waals surface area contributed by atoms with E-state index < -0.39 is 10.8 Å². The van der Waals surface area contributed by atoms with Gasteiger partial charge in [-0.05, 0) is 24.3 Å². The van der Waals surface area contributed by atoms with Crippen molar-refractivity contribution in [3.8, 4) is 6.07 Å². The van der Waals surface area contributed by atoms with Gasteiger partial charge in [0, 0.05) is 6.07 Å². The quantitative estimate of drug-likeness (QED) is 0.521. The van der Waals surface area contributed by atoms with E-state index in [0.29, 0.717) is 0 Å². The summed E-state index contributed by atoms with van der Waals surface area (Å²) in [7, 11) is 0. The van der Waals surface area contributed by atoms with Crippen molar-refractivity contribution in [3.05, 3.63) is 63.6 Å². The number of hydrogen-bond acceptors (Lipinski definition) is 6. The van der Waals surface area contributed by atoms with E-state index in [1.54, 1.807) is 6.07 Å². The third-order valence-electron chi connectivity index (χ3n) is 2.47. The summed E-state index contributed by atoms with van der Waals surface area (Å²) in [5.41, 5.74) is 2.24. The topological polar surface area (TPSA) is 122 Å². The van der Waals surface area contributed by atoms with Crippen LogP contribution in [-0.2, 0) is 0 Å². The number of nitro benzene ring substituents is 1. The van der Waals surface area contributed by atoms with Crippen LogP contribution in [-0.4, -0.2) is 17.0 Å². The maximum Gasteiger partial charge on any atom is 0.307 e. The number of nitro groups is 1. The molecule has 1 aromatic heterocycles. The lowest BCUT2D eigenvalue weighted by atomic mass is 10.1. The first-order chi connectivity index (χ1) is 10.1. The highest BCUT2D eigenvalue weighted by molar-refractivity contribution is 5.93. The maximum atomic E-state index is 11.5. The largest absolute Gasteiger partial charge is 0.459 e. The zero-order chi connectivity index (χ0) is 15.2. The van der Waals surface area contributed by atoms with Crippen molar-refractivity contribution in [2.45, 2.75) is 0 Å². The van der Waals surface area contributed by atoms with Crippen molar-refractivity contribution in [1.82, 2.24) is 5.43 Å². The lowest BCUT2D eigenvalue weighted by molar-refractivity contribution is -0.385. The third-order valence-corrected chi connectivity index (χ3v) is 2.47. The van der Waals surface area contributed by atoms with Gasteiger partial charge in [-0.2, -0.15) is 10.4 Å². The number of nitrogens with zero attached hydrogens (tertiary/aromatic N) is 3. The molecule has 0 aliphatic carbocycles. The summed E-state index contributed by atoms with van der Waals surface area (Å²) in [5.74, 6) is -0.506. The Balaban J connectivity index is 2.16. The van der Waals surface area contributed by atoms with Crippen LogP contribution in [0.2, 0.25) is 0 Å². The van der Waals surface area contributed by atoms with Crippen molar-refractivity contribution >= 4 is 17.8 Å². The molecule has 8 nitrogen and oxygen atoms in total. The Morgan fingerprint density at radius 1 is 1.48 bits per heavy atom. The van der Waals surface area contributed by atoms with Crippen LogP contribution in [0.15, 0.2) is 46.1 Å². The Morgan fingerprint density at radius 2 is 2.29 bits per heavy atom. The normalized spacial score (nSPS) is 10.2. The average molecular weight is 284 g/mol. The van der Waals surface area contributed by atoms with Gasteiger partial charge in [0.05, 0.1) is 34.6 Å². The van der Waals surface area contributed by atoms with E-state index in [0.717, 1.165) is 12.3 Å². The van der Waals surface area contributed by atoms with E-state index in [4.69, 9.17) is 9.68 Å². The molecule has 0 saturated heterocycles. The first-order valence-electron chi connectivity index (χ1n) is 5.67. The molecule has 2 rings (SSSR count). The fourth-order valence-corrected chi connectivity index (χ4v) is 1.50. The number of hydrazone groups is 1. The van der Waals surface area contributed by atoms with Gasteiger partial charge in [0.25, 0.3) is 5.69 Å². The van der Waals surface area contributed by atoms with E-state index in [2.05, 4.69) is 10.5 Å². The van der Waals surface area contributed by atoms with Crippen molar-refractivity contribution < 1.29 is 14.1 Å². The molecule has 1 aromatic carbocycles. The molecule has 0 aliphatic rings. The molecule has 0 fully saturated rings. The number of carbonyl (C=O) groups excluding carboxylic acids is 1. The number of hydrogen-bond donors (Lipinski definition) is 1. The molecular formula is C13H8N4O4. The second-order valence-electron chi connectivity index (χ2n) is 3.82. The zero-order valence-electron chi connectivity index (χ0n) is 10.5. The van der Waals surface area contributed by atoms with Gasteiger partial charge in [0.1, 0.15) is 0 Å². The Bertz CT molecular complexity index is 744. The molecule has 1 amide bonds. The monoisotopic (exact) mass is 284 g/mol. The predicted molar refractivity (Wildman–Crippen MR) is 71.6 cm³/mol. The van der Waals surface area contributed by atoms with Crippen LogP contribution in [0.3, 0.4) is 0 Å². The van der Waals surface area contributed by atoms with Crippen LogP contribution >= 0.6 is 0 Å². The first-order valence-corrected chi connectivity index (χ1v) is 5.67. The van der Waals surface area contributed by atoms with Gasteiger partial charge in [0.15, 0.2) is 5.76 Å². The standard InChI is InChI=1S/C13H8N4O4/c14-7-9-3-4-10(11(6-9)17(19)20)8-15-16-13(18)12-2-1-5-21-12/h1-6,8H,(H,16,18). The summed E-state index contributed by atoms with van der Waals surface area (Å²) in [6.07, 6.45) is 2.46. The number of furan rings is 1. The molecule has 8 heteroatoms. The molecule has 104 valence electrons. The molecule has 0 saturated carbocycles. The molecule has 0 aliphatic heterocycles. The SMILES string of the molecule is N#Cc1ccc(C=NNC(=O)c2ccco2)c([N+](=O)[O-])c1. The number of nitrogens with one attached hydrogen (secondary N) is 1. The Kier molecular flexibility index (Phi) is 4.06. The second kappa shape index (κ2) is 6.12. The van der Waals surface area contributed by atoms with Gasteiger partial charge in [-0.3, -0.25) is 14.9 Å². The van der Waals surface area contributed by atoms with Crippen LogP contribution in [0, 0.1) is 21.4 Å². The average Bonchev–Trinajstić information content (AvgIpc) is 3.01. The minimum absolute atomic E-state index is 0.0708. The van der Waals surface area contributed by atoms with Crippen LogP contribution in [0.5, 0.6) is 0 Å². The van der Waals surface area contributed by atoms with Crippen LogP contribution in [0.1, 0.15) is 21.7 Å². The number of amides is 1. The summed E-state index contributed by atoms with van der Waals surface area (Å²) < 4.78 is 4.86. The highest BCUT2D eigenvalue weighted by Gasteiger charge is 2.13. The summed E-state index contributed by atoms with van der Waals surface area (Å²) in [5, 5.41) is 23.2. The van der Waals surface area contributed by atoms with Crippen LogP contribution < -0.4 is 5.43 Å². The van der Waals surface area contributed by atoms with Crippen molar-refractivity contribution in [2.75, 3.05) is 0 Å². The van der Waals surface area contributed by atoms with Gasteiger partial charge in [-0.1, -0.05) is 0 Å². The first kappa shape index (κ1) is 14.0. The summed E-state index contributed by atoms with van der Waals surface area (Å²) in [6.45, 7) is 0. The van der Waals surface area contributed by atoms with Gasteiger partial charge in [-0.25, -0.2) is 5.43 Å². The Labute approximate surface area is 118 Å². The summed E-state index contributed by atoms with van der Waals surface area (Å²) >= 11 is 0. The Hall–Kier alpha value is -3.47. The number of benzene rings is 1. The Morgan fingerprint density at radius 3 is 2.90 bits per heavy atom. The highest BCUT2D eigenvalue weighted by Crippen LogP contribution is 2.18. The van der Waals surface area contributed by atoms with Crippen molar-refractivity contribution in [2.24, 2.45) is 5.10 Å². The van der Waals surface area contributed by atoms with E-state index >= 15 is 0 Å². The fraction of sp³-hybridized carbons (Fsp3) is 0. The smallest absolute Gasteiger partial charge is 0.307 e. The second-order valence-corrected chi connectivity index (χ2v) is 3.82. The van der Waals surface area contributed by atoms with Crippen LogP contribution in [0.4, 0.5) is 5.69 Å². The van der Waals surface area contributed by atoms with E-state index in [1.807, 2.05) is 6.07 Å². The number of rotatable bonds is 4.